The number of hydrogen-bond acceptors (Lipinski definition) is 9. The van der Waals surface area contributed by atoms with Crippen LogP contribution in [0.4, 0.5) is 15.9 Å². The molecule has 0 amide bonds. The zero-order chi connectivity index (χ0) is 26.1. The van der Waals surface area contributed by atoms with Crippen LogP contribution in [0.1, 0.15) is 18.5 Å². The van der Waals surface area contributed by atoms with Gasteiger partial charge in [-0.05, 0) is 31.1 Å². The van der Waals surface area contributed by atoms with E-state index in [4.69, 9.17) is 14.5 Å². The van der Waals surface area contributed by atoms with Gasteiger partial charge in [0.2, 0.25) is 5.88 Å². The van der Waals surface area contributed by atoms with Crippen molar-refractivity contribution in [3.8, 4) is 11.6 Å². The highest BCUT2D eigenvalue weighted by Crippen LogP contribution is 2.24. The van der Waals surface area contributed by atoms with Gasteiger partial charge in [-0.2, -0.15) is 9.61 Å². The number of anilines is 2. The van der Waals surface area contributed by atoms with E-state index in [9.17, 15) is 14.3 Å². The number of fused-ring (bicyclic) bond motifs is 1. The lowest BCUT2D eigenvalue weighted by molar-refractivity contribution is 0.0322. The lowest BCUT2D eigenvalue weighted by Crippen LogP contribution is -2.38. The van der Waals surface area contributed by atoms with Crippen molar-refractivity contribution in [3.63, 3.8) is 0 Å². The monoisotopic (exact) mass is 522 g/mol. The fraction of sp³-hybridized carbons (Fsp3) is 0.360. The molecule has 6 rings (SSSR count). The van der Waals surface area contributed by atoms with Crippen LogP contribution >= 0.6 is 0 Å². The molecule has 0 atom stereocenters. The SMILES string of the molecule is O=c1[nH]c(O)c(/C=c2/cnn3c(=NC4CC4)cc(Nc4ccc(OCCN5CCOCC5)cc4F)nc23)[nH]1. The largest absolute Gasteiger partial charge is 0.493 e. The number of H-pyrrole nitrogens is 2. The third-order valence-electron chi connectivity index (χ3n) is 6.36. The average Bonchev–Trinajstić information content (AvgIpc) is 3.54. The Morgan fingerprint density at radius 3 is 2.84 bits per heavy atom. The number of morpholine rings is 1. The quantitative estimate of drug-likeness (QED) is 0.264. The van der Waals surface area contributed by atoms with E-state index >= 15 is 0 Å². The second-order valence-corrected chi connectivity index (χ2v) is 9.25. The number of nitrogens with one attached hydrogen (secondary N) is 3. The minimum atomic E-state index is -0.533. The number of aromatic hydroxyl groups is 1. The number of imidazole rings is 1. The molecule has 38 heavy (non-hydrogen) atoms. The third-order valence-corrected chi connectivity index (χ3v) is 6.36. The van der Waals surface area contributed by atoms with Crippen LogP contribution in [0.25, 0.3) is 11.7 Å². The van der Waals surface area contributed by atoms with Crippen molar-refractivity contribution in [2.75, 3.05) is 44.8 Å². The van der Waals surface area contributed by atoms with Crippen LogP contribution in [0.5, 0.6) is 11.6 Å². The van der Waals surface area contributed by atoms with E-state index in [2.05, 4.69) is 30.3 Å². The van der Waals surface area contributed by atoms with Gasteiger partial charge in [-0.3, -0.25) is 14.9 Å². The number of nitrogens with zero attached hydrogens (tertiary/aromatic N) is 5. The molecule has 13 heteroatoms. The van der Waals surface area contributed by atoms with Gasteiger partial charge < -0.3 is 24.9 Å². The minimum absolute atomic E-state index is 0.195. The second-order valence-electron chi connectivity index (χ2n) is 9.25. The van der Waals surface area contributed by atoms with Gasteiger partial charge in [0.1, 0.15) is 29.7 Å². The van der Waals surface area contributed by atoms with Crippen LogP contribution in [-0.2, 0) is 4.74 Å². The lowest BCUT2D eigenvalue weighted by Gasteiger charge is -2.26. The molecule has 0 unspecified atom stereocenters. The molecule has 1 aliphatic carbocycles. The molecule has 4 aromatic rings. The average molecular weight is 523 g/mol. The summed E-state index contributed by atoms with van der Waals surface area (Å²) in [7, 11) is 0. The Balaban J connectivity index is 1.26. The highest BCUT2D eigenvalue weighted by molar-refractivity contribution is 5.62. The van der Waals surface area contributed by atoms with Crippen LogP contribution in [0.15, 0.2) is 40.2 Å². The van der Waals surface area contributed by atoms with Crippen molar-refractivity contribution in [1.82, 2.24) is 29.5 Å². The van der Waals surface area contributed by atoms with E-state index in [1.165, 1.54) is 6.07 Å². The predicted octanol–water partition coefficient (Wildman–Crippen LogP) is 0.656. The summed E-state index contributed by atoms with van der Waals surface area (Å²) in [5, 5.41) is 17.9. The number of rotatable bonds is 8. The lowest BCUT2D eigenvalue weighted by atomic mass is 10.3. The molecule has 0 bridgehead atoms. The number of halogens is 1. The van der Waals surface area contributed by atoms with Crippen LogP contribution in [0, 0.1) is 5.82 Å². The van der Waals surface area contributed by atoms with Crippen molar-refractivity contribution in [2.24, 2.45) is 4.99 Å². The number of benzene rings is 1. The van der Waals surface area contributed by atoms with Crippen molar-refractivity contribution >= 4 is 23.2 Å². The molecular weight excluding hydrogens is 495 g/mol. The molecule has 12 nitrogen and oxygen atoms in total. The van der Waals surface area contributed by atoms with E-state index in [0.29, 0.717) is 34.5 Å². The minimum Gasteiger partial charge on any atom is -0.493 e. The van der Waals surface area contributed by atoms with Crippen LogP contribution in [-0.4, -0.2) is 80.1 Å². The first-order valence-electron chi connectivity index (χ1n) is 12.5. The number of hydrogen-bond donors (Lipinski definition) is 4. The summed E-state index contributed by atoms with van der Waals surface area (Å²) in [4.78, 5) is 27.9. The van der Waals surface area contributed by atoms with Crippen molar-refractivity contribution < 1.29 is 19.0 Å². The molecule has 1 aromatic carbocycles. The molecule has 0 spiro atoms. The number of aromatic nitrogens is 5. The first-order valence-corrected chi connectivity index (χ1v) is 12.5. The van der Waals surface area contributed by atoms with Gasteiger partial charge >= 0.3 is 5.69 Å². The molecule has 1 saturated carbocycles. The Morgan fingerprint density at radius 1 is 1.26 bits per heavy atom. The van der Waals surface area contributed by atoms with Gasteiger partial charge in [0.05, 0.1) is 31.1 Å². The summed E-state index contributed by atoms with van der Waals surface area (Å²) in [5.41, 5.74) is 0.890. The molecule has 3 aromatic heterocycles. The summed E-state index contributed by atoms with van der Waals surface area (Å²) < 4.78 is 27.7. The molecule has 4 N–H and O–H groups in total. The summed E-state index contributed by atoms with van der Waals surface area (Å²) in [6.07, 6.45) is 5.10. The molecule has 1 saturated heterocycles. The molecule has 2 aliphatic rings. The fourth-order valence-electron chi connectivity index (χ4n) is 4.20. The van der Waals surface area contributed by atoms with E-state index < -0.39 is 11.5 Å². The molecule has 4 heterocycles. The summed E-state index contributed by atoms with van der Waals surface area (Å²) in [5.74, 6) is 0.0491. The molecule has 198 valence electrons. The highest BCUT2D eigenvalue weighted by Gasteiger charge is 2.20. The zero-order valence-electron chi connectivity index (χ0n) is 20.5. The maximum atomic E-state index is 15.0. The van der Waals surface area contributed by atoms with E-state index in [0.717, 1.165) is 45.7 Å². The molecule has 0 radical (unpaired) electrons. The predicted molar refractivity (Wildman–Crippen MR) is 136 cm³/mol. The highest BCUT2D eigenvalue weighted by atomic mass is 19.1. The Morgan fingerprint density at radius 2 is 2.11 bits per heavy atom. The molecule has 2 fully saturated rings. The molecular formula is C25H27FN8O4. The van der Waals surface area contributed by atoms with Gasteiger partial charge in [-0.25, -0.2) is 14.2 Å². The van der Waals surface area contributed by atoms with Crippen molar-refractivity contribution in [3.05, 3.63) is 63.2 Å². The number of ether oxygens (including phenoxy) is 2. The summed E-state index contributed by atoms with van der Waals surface area (Å²) in [6.45, 7) is 4.39. The Hall–Kier alpha value is -4.23. The van der Waals surface area contributed by atoms with Crippen LogP contribution in [0.2, 0.25) is 0 Å². The number of aromatic amines is 2. The standard InChI is InChI=1S/C25H27FN8O4/c26-18-12-17(38-10-7-33-5-8-37-9-6-33)3-4-19(18)29-21-13-22(28-16-1-2-16)34-23(31-21)15(14-27-34)11-20-24(35)32-25(36)30-20/h3-4,11-14,16,29,35H,1-2,5-10H2,(H2,30,32,36)/b15-11-,28-22?. The Bertz CT molecular complexity index is 1640. The summed E-state index contributed by atoms with van der Waals surface area (Å²) in [6, 6.07) is 6.58. The van der Waals surface area contributed by atoms with Gasteiger partial charge in [-0.15, -0.1) is 0 Å². The van der Waals surface area contributed by atoms with Crippen molar-refractivity contribution in [2.45, 2.75) is 18.9 Å². The van der Waals surface area contributed by atoms with Crippen LogP contribution in [0.3, 0.4) is 0 Å². The molecule has 1 aliphatic heterocycles. The maximum absolute atomic E-state index is 15.0. The maximum Gasteiger partial charge on any atom is 0.326 e. The van der Waals surface area contributed by atoms with Crippen LogP contribution < -0.4 is 26.4 Å². The summed E-state index contributed by atoms with van der Waals surface area (Å²) >= 11 is 0. The van der Waals surface area contributed by atoms with E-state index in [-0.39, 0.29) is 23.3 Å². The zero-order valence-corrected chi connectivity index (χ0v) is 20.5. The van der Waals surface area contributed by atoms with Gasteiger partial charge in [0, 0.05) is 37.0 Å². The second kappa shape index (κ2) is 10.3. The third kappa shape index (κ3) is 5.38. The normalized spacial score (nSPS) is 17.4. The first-order chi connectivity index (χ1) is 18.5. The van der Waals surface area contributed by atoms with Crippen molar-refractivity contribution in [1.29, 1.82) is 0 Å². The van der Waals surface area contributed by atoms with Gasteiger partial charge in [0.15, 0.2) is 11.1 Å². The van der Waals surface area contributed by atoms with E-state index in [1.54, 1.807) is 35.0 Å². The Kier molecular flexibility index (Phi) is 6.52. The topological polar surface area (TPSA) is 145 Å². The fourth-order valence-corrected chi connectivity index (χ4v) is 4.20. The van der Waals surface area contributed by atoms with Gasteiger partial charge in [-0.1, -0.05) is 0 Å². The smallest absolute Gasteiger partial charge is 0.326 e. The Labute approximate surface area is 215 Å². The van der Waals surface area contributed by atoms with E-state index in [1.807, 2.05) is 0 Å². The first kappa shape index (κ1) is 24.1. The van der Waals surface area contributed by atoms with Gasteiger partial charge in [0.25, 0.3) is 0 Å².